The molecule has 1 N–H and O–H groups in total. The Morgan fingerprint density at radius 2 is 1.96 bits per heavy atom. The van der Waals surface area contributed by atoms with Gasteiger partial charge in [0.05, 0.1) is 23.3 Å². The molecule has 26 heavy (non-hydrogen) atoms. The zero-order valence-corrected chi connectivity index (χ0v) is 14.5. The second kappa shape index (κ2) is 7.12. The van der Waals surface area contributed by atoms with Crippen LogP contribution in [0.3, 0.4) is 0 Å². The van der Waals surface area contributed by atoms with Crippen LogP contribution in [-0.4, -0.2) is 15.5 Å². The molecule has 1 atom stereocenters. The van der Waals surface area contributed by atoms with Crippen molar-refractivity contribution in [2.24, 2.45) is 0 Å². The number of benzene rings is 2. The Kier molecular flexibility index (Phi) is 4.52. The summed E-state index contributed by atoms with van der Waals surface area (Å²) < 4.78 is 1.51. The molecule has 0 bridgehead atoms. The number of amides is 1. The lowest BCUT2D eigenvalue weighted by Gasteiger charge is -2.26. The molecular formula is C21H21N3O2. The van der Waals surface area contributed by atoms with Gasteiger partial charge in [-0.1, -0.05) is 36.4 Å². The average molecular weight is 347 g/mol. The SMILES string of the molecule is O=C(CCn1cnc2ccccc2c1=O)NC1CCCc2ccccc21. The van der Waals surface area contributed by atoms with Crippen LogP contribution >= 0.6 is 0 Å². The lowest BCUT2D eigenvalue weighted by atomic mass is 9.88. The van der Waals surface area contributed by atoms with Gasteiger partial charge in [0, 0.05) is 13.0 Å². The van der Waals surface area contributed by atoms with E-state index in [4.69, 9.17) is 0 Å². The van der Waals surface area contributed by atoms with Crippen molar-refractivity contribution in [2.45, 2.75) is 38.3 Å². The summed E-state index contributed by atoms with van der Waals surface area (Å²) in [6.45, 7) is 0.330. The lowest BCUT2D eigenvalue weighted by molar-refractivity contribution is -0.122. The Labute approximate surface area is 151 Å². The van der Waals surface area contributed by atoms with Crippen molar-refractivity contribution in [2.75, 3.05) is 0 Å². The number of carbonyl (C=O) groups excluding carboxylic acids is 1. The van der Waals surface area contributed by atoms with E-state index in [2.05, 4.69) is 22.4 Å². The van der Waals surface area contributed by atoms with Crippen LogP contribution in [0.5, 0.6) is 0 Å². The predicted octanol–water partition coefficient (Wildman–Crippen LogP) is 2.98. The van der Waals surface area contributed by atoms with Gasteiger partial charge in [0.15, 0.2) is 0 Å². The summed E-state index contributed by atoms with van der Waals surface area (Å²) in [4.78, 5) is 29.2. The minimum Gasteiger partial charge on any atom is -0.349 e. The van der Waals surface area contributed by atoms with Gasteiger partial charge in [-0.05, 0) is 42.5 Å². The van der Waals surface area contributed by atoms with Gasteiger partial charge in [-0.15, -0.1) is 0 Å². The van der Waals surface area contributed by atoms with Crippen molar-refractivity contribution in [3.8, 4) is 0 Å². The number of hydrogen-bond donors (Lipinski definition) is 1. The molecule has 0 saturated heterocycles. The zero-order chi connectivity index (χ0) is 17.9. The molecule has 3 aromatic rings. The van der Waals surface area contributed by atoms with Crippen molar-refractivity contribution in [3.05, 3.63) is 76.3 Å². The van der Waals surface area contributed by atoms with Crippen LogP contribution in [0.25, 0.3) is 10.9 Å². The number of nitrogens with zero attached hydrogens (tertiary/aromatic N) is 2. The van der Waals surface area contributed by atoms with Crippen LogP contribution < -0.4 is 10.9 Å². The third kappa shape index (κ3) is 3.25. The fourth-order valence-corrected chi connectivity index (χ4v) is 3.66. The first-order chi connectivity index (χ1) is 12.7. The maximum Gasteiger partial charge on any atom is 0.261 e. The standard InChI is InChI=1S/C21H21N3O2/c25-20(23-19-11-5-7-15-6-1-2-8-16(15)19)12-13-24-14-22-18-10-4-3-9-17(18)21(24)26/h1-4,6,8-10,14,19H,5,7,11-13H2,(H,23,25). The van der Waals surface area contributed by atoms with Gasteiger partial charge in [-0.3, -0.25) is 14.2 Å². The number of hydrogen-bond acceptors (Lipinski definition) is 3. The number of rotatable bonds is 4. The fraction of sp³-hybridized carbons (Fsp3) is 0.286. The van der Waals surface area contributed by atoms with E-state index < -0.39 is 0 Å². The van der Waals surface area contributed by atoms with Crippen molar-refractivity contribution >= 4 is 16.8 Å². The summed E-state index contributed by atoms with van der Waals surface area (Å²) >= 11 is 0. The smallest absolute Gasteiger partial charge is 0.261 e. The number of aromatic nitrogens is 2. The molecule has 0 saturated carbocycles. The average Bonchev–Trinajstić information content (AvgIpc) is 2.68. The normalized spacial score (nSPS) is 16.2. The number of fused-ring (bicyclic) bond motifs is 2. The Hall–Kier alpha value is -2.95. The minimum absolute atomic E-state index is 0.0354. The minimum atomic E-state index is -0.105. The maximum atomic E-state index is 12.5. The first-order valence-electron chi connectivity index (χ1n) is 9.04. The van der Waals surface area contributed by atoms with Crippen molar-refractivity contribution < 1.29 is 4.79 Å². The zero-order valence-electron chi connectivity index (χ0n) is 14.5. The summed E-state index contributed by atoms with van der Waals surface area (Å²) in [6, 6.07) is 15.6. The summed E-state index contributed by atoms with van der Waals surface area (Å²) in [5.41, 5.74) is 3.11. The second-order valence-electron chi connectivity index (χ2n) is 6.72. The molecule has 0 radical (unpaired) electrons. The van der Waals surface area contributed by atoms with Crippen molar-refractivity contribution in [1.82, 2.24) is 14.9 Å². The molecule has 0 aliphatic heterocycles. The van der Waals surface area contributed by atoms with E-state index in [1.54, 1.807) is 6.07 Å². The molecule has 1 unspecified atom stereocenters. The van der Waals surface area contributed by atoms with Crippen molar-refractivity contribution in [3.63, 3.8) is 0 Å². The number of aryl methyl sites for hydroxylation is 2. The maximum absolute atomic E-state index is 12.5. The summed E-state index contributed by atoms with van der Waals surface area (Å²) in [6.07, 6.45) is 4.89. The molecule has 5 heteroatoms. The number of carbonyl (C=O) groups is 1. The first kappa shape index (κ1) is 16.5. The van der Waals surface area contributed by atoms with Crippen LogP contribution in [0.1, 0.15) is 36.4 Å². The molecule has 132 valence electrons. The van der Waals surface area contributed by atoms with Gasteiger partial charge in [0.25, 0.3) is 5.56 Å². The summed E-state index contributed by atoms with van der Waals surface area (Å²) in [5.74, 6) is -0.0354. The van der Waals surface area contributed by atoms with E-state index in [1.807, 2.05) is 30.3 Å². The Bertz CT molecular complexity index is 1010. The van der Waals surface area contributed by atoms with Crippen LogP contribution in [0, 0.1) is 0 Å². The molecule has 0 fully saturated rings. The van der Waals surface area contributed by atoms with Crippen molar-refractivity contribution in [1.29, 1.82) is 0 Å². The van der Waals surface area contributed by atoms with Crippen LogP contribution in [0.2, 0.25) is 0 Å². The highest BCUT2D eigenvalue weighted by atomic mass is 16.2. The molecule has 0 spiro atoms. The summed E-state index contributed by atoms with van der Waals surface area (Å²) in [5, 5.41) is 3.71. The molecule has 1 amide bonds. The van der Waals surface area contributed by atoms with Crippen LogP contribution in [-0.2, 0) is 17.8 Å². The molecule has 1 heterocycles. The van der Waals surface area contributed by atoms with E-state index in [-0.39, 0.29) is 23.9 Å². The van der Waals surface area contributed by atoms with Gasteiger partial charge in [0.2, 0.25) is 5.91 Å². The first-order valence-corrected chi connectivity index (χ1v) is 9.04. The topological polar surface area (TPSA) is 64.0 Å². The summed E-state index contributed by atoms with van der Waals surface area (Å²) in [7, 11) is 0. The van der Waals surface area contributed by atoms with Gasteiger partial charge < -0.3 is 5.32 Å². The third-order valence-electron chi connectivity index (χ3n) is 5.02. The Morgan fingerprint density at radius 1 is 1.15 bits per heavy atom. The van der Waals surface area contributed by atoms with Crippen LogP contribution in [0.4, 0.5) is 0 Å². The van der Waals surface area contributed by atoms with Gasteiger partial charge in [-0.25, -0.2) is 4.98 Å². The molecule has 1 aliphatic rings. The molecule has 4 rings (SSSR count). The second-order valence-corrected chi connectivity index (χ2v) is 6.72. The quantitative estimate of drug-likeness (QED) is 0.789. The number of para-hydroxylation sites is 1. The Balaban J connectivity index is 1.44. The van der Waals surface area contributed by atoms with Gasteiger partial charge in [-0.2, -0.15) is 0 Å². The molecule has 1 aromatic heterocycles. The monoisotopic (exact) mass is 347 g/mol. The lowest BCUT2D eigenvalue weighted by Crippen LogP contribution is -2.32. The molecule has 5 nitrogen and oxygen atoms in total. The van der Waals surface area contributed by atoms with E-state index in [9.17, 15) is 9.59 Å². The Morgan fingerprint density at radius 3 is 2.88 bits per heavy atom. The molecule has 1 aliphatic carbocycles. The highest BCUT2D eigenvalue weighted by Crippen LogP contribution is 2.29. The highest BCUT2D eigenvalue weighted by Gasteiger charge is 2.21. The van der Waals surface area contributed by atoms with E-state index >= 15 is 0 Å². The van der Waals surface area contributed by atoms with Gasteiger partial charge in [0.1, 0.15) is 0 Å². The third-order valence-corrected chi connectivity index (χ3v) is 5.02. The number of nitrogens with one attached hydrogen (secondary N) is 1. The van der Waals surface area contributed by atoms with Gasteiger partial charge >= 0.3 is 0 Å². The molecular weight excluding hydrogens is 326 g/mol. The highest BCUT2D eigenvalue weighted by molar-refractivity contribution is 5.77. The van der Waals surface area contributed by atoms with E-state index in [0.717, 1.165) is 19.3 Å². The predicted molar refractivity (Wildman–Crippen MR) is 101 cm³/mol. The largest absolute Gasteiger partial charge is 0.349 e. The van der Waals surface area contributed by atoms with E-state index in [0.29, 0.717) is 17.4 Å². The van der Waals surface area contributed by atoms with E-state index in [1.165, 1.54) is 22.0 Å². The fourth-order valence-electron chi connectivity index (χ4n) is 3.66. The van der Waals surface area contributed by atoms with Crippen LogP contribution in [0.15, 0.2) is 59.7 Å². The molecule has 2 aromatic carbocycles.